The monoisotopic (exact) mass is 218 g/mol. The topological polar surface area (TPSA) is 57.5 Å². The summed E-state index contributed by atoms with van der Waals surface area (Å²) in [6.07, 6.45) is -0.363. The van der Waals surface area contributed by atoms with Gasteiger partial charge in [-0.1, -0.05) is 0 Å². The van der Waals surface area contributed by atoms with E-state index >= 15 is 0 Å². The Balaban J connectivity index is 2.54. The minimum Gasteiger partial charge on any atom is -0.477 e. The standard InChI is InChI=1S/C8H10O3S2/c1-5(9)3-12-6-2-7(8(10)11)13-4-6/h2,4-5,9H,3H2,1H3,(H,10,11). The second-order valence-electron chi connectivity index (χ2n) is 2.61. The molecule has 0 spiro atoms. The van der Waals surface area contributed by atoms with E-state index in [1.807, 2.05) is 0 Å². The second-order valence-corrected chi connectivity index (χ2v) is 4.62. The zero-order valence-corrected chi connectivity index (χ0v) is 8.69. The van der Waals surface area contributed by atoms with Gasteiger partial charge in [-0.15, -0.1) is 23.1 Å². The number of hydrogen-bond acceptors (Lipinski definition) is 4. The maximum atomic E-state index is 10.5. The molecule has 72 valence electrons. The summed E-state index contributed by atoms with van der Waals surface area (Å²) in [6.45, 7) is 1.71. The molecule has 1 heterocycles. The maximum Gasteiger partial charge on any atom is 0.345 e. The number of hydrogen-bond donors (Lipinski definition) is 2. The van der Waals surface area contributed by atoms with Crippen molar-refractivity contribution in [2.24, 2.45) is 0 Å². The highest BCUT2D eigenvalue weighted by Crippen LogP contribution is 2.25. The van der Waals surface area contributed by atoms with E-state index in [4.69, 9.17) is 10.2 Å². The van der Waals surface area contributed by atoms with E-state index < -0.39 is 5.97 Å². The lowest BCUT2D eigenvalue weighted by Crippen LogP contribution is -2.01. The van der Waals surface area contributed by atoms with Gasteiger partial charge < -0.3 is 10.2 Å². The number of carbonyl (C=O) groups is 1. The lowest BCUT2D eigenvalue weighted by Gasteiger charge is -2.00. The summed E-state index contributed by atoms with van der Waals surface area (Å²) in [4.78, 5) is 11.8. The molecule has 0 radical (unpaired) electrons. The Morgan fingerprint density at radius 1 is 1.77 bits per heavy atom. The molecule has 5 heteroatoms. The van der Waals surface area contributed by atoms with E-state index in [-0.39, 0.29) is 6.10 Å². The molecule has 1 unspecified atom stereocenters. The molecule has 0 fully saturated rings. The van der Waals surface area contributed by atoms with Crippen LogP contribution >= 0.6 is 23.1 Å². The molecule has 3 nitrogen and oxygen atoms in total. The highest BCUT2D eigenvalue weighted by Gasteiger charge is 2.07. The molecular formula is C8H10O3S2. The van der Waals surface area contributed by atoms with Crippen LogP contribution in [0.1, 0.15) is 16.6 Å². The van der Waals surface area contributed by atoms with Crippen molar-refractivity contribution in [2.45, 2.75) is 17.9 Å². The molecule has 1 aromatic rings. The zero-order valence-electron chi connectivity index (χ0n) is 7.06. The summed E-state index contributed by atoms with van der Waals surface area (Å²) in [5.41, 5.74) is 0. The molecule has 0 bridgehead atoms. The number of carboxylic acid groups (broad SMARTS) is 1. The summed E-state index contributed by atoms with van der Waals surface area (Å²) in [6, 6.07) is 1.63. The van der Waals surface area contributed by atoms with Crippen LogP contribution in [-0.2, 0) is 0 Å². The van der Waals surface area contributed by atoms with Gasteiger partial charge in [0, 0.05) is 16.0 Å². The Hall–Kier alpha value is -0.520. The van der Waals surface area contributed by atoms with Crippen LogP contribution in [0.5, 0.6) is 0 Å². The maximum absolute atomic E-state index is 10.5. The molecule has 0 aliphatic carbocycles. The molecule has 0 amide bonds. The van der Waals surface area contributed by atoms with Crippen molar-refractivity contribution in [1.82, 2.24) is 0 Å². The van der Waals surface area contributed by atoms with Gasteiger partial charge in [0.1, 0.15) is 4.88 Å². The molecule has 0 saturated heterocycles. The first-order chi connectivity index (χ1) is 6.09. The molecule has 1 aromatic heterocycles. The van der Waals surface area contributed by atoms with Gasteiger partial charge in [0.2, 0.25) is 0 Å². The molecular weight excluding hydrogens is 208 g/mol. The normalized spacial score (nSPS) is 12.8. The summed E-state index contributed by atoms with van der Waals surface area (Å²) in [5, 5.41) is 19.4. The summed E-state index contributed by atoms with van der Waals surface area (Å²) >= 11 is 2.67. The molecule has 13 heavy (non-hydrogen) atoms. The Morgan fingerprint density at radius 3 is 2.92 bits per heavy atom. The van der Waals surface area contributed by atoms with Gasteiger partial charge in [-0.25, -0.2) is 4.79 Å². The number of rotatable bonds is 4. The minimum atomic E-state index is -0.895. The minimum absolute atomic E-state index is 0.341. The van der Waals surface area contributed by atoms with Crippen LogP contribution in [0.3, 0.4) is 0 Å². The fourth-order valence-corrected chi connectivity index (χ4v) is 2.46. The lowest BCUT2D eigenvalue weighted by atomic mass is 10.5. The zero-order chi connectivity index (χ0) is 9.84. The summed E-state index contributed by atoms with van der Waals surface area (Å²) < 4.78 is 0. The van der Waals surface area contributed by atoms with Crippen molar-refractivity contribution in [3.8, 4) is 0 Å². The number of carboxylic acids is 1. The third-order valence-electron chi connectivity index (χ3n) is 1.28. The number of aromatic carboxylic acids is 1. The van der Waals surface area contributed by atoms with Crippen molar-refractivity contribution in [1.29, 1.82) is 0 Å². The van der Waals surface area contributed by atoms with E-state index in [9.17, 15) is 4.79 Å². The Kier molecular flexibility index (Phi) is 3.77. The summed E-state index contributed by atoms with van der Waals surface area (Å²) in [7, 11) is 0. The van der Waals surface area contributed by atoms with Crippen LogP contribution in [0.2, 0.25) is 0 Å². The Morgan fingerprint density at radius 2 is 2.46 bits per heavy atom. The number of thiophene rings is 1. The second kappa shape index (κ2) is 4.64. The first-order valence-electron chi connectivity index (χ1n) is 3.72. The van der Waals surface area contributed by atoms with Crippen LogP contribution in [0.4, 0.5) is 0 Å². The lowest BCUT2D eigenvalue weighted by molar-refractivity contribution is 0.0702. The predicted molar refractivity (Wildman–Crippen MR) is 53.7 cm³/mol. The van der Waals surface area contributed by atoms with Crippen LogP contribution in [-0.4, -0.2) is 28.0 Å². The first-order valence-corrected chi connectivity index (χ1v) is 5.59. The van der Waals surface area contributed by atoms with Crippen LogP contribution in [0, 0.1) is 0 Å². The van der Waals surface area contributed by atoms with Crippen LogP contribution in [0.15, 0.2) is 16.3 Å². The Bertz CT molecular complexity index is 293. The fraction of sp³-hybridized carbons (Fsp3) is 0.375. The third-order valence-corrected chi connectivity index (χ3v) is 3.56. The highest BCUT2D eigenvalue weighted by atomic mass is 32.2. The fourth-order valence-electron chi connectivity index (χ4n) is 0.723. The van der Waals surface area contributed by atoms with Gasteiger partial charge in [-0.05, 0) is 13.0 Å². The highest BCUT2D eigenvalue weighted by molar-refractivity contribution is 7.99. The molecule has 0 aliphatic heterocycles. The van der Waals surface area contributed by atoms with Gasteiger partial charge in [0.15, 0.2) is 0 Å². The largest absolute Gasteiger partial charge is 0.477 e. The van der Waals surface area contributed by atoms with Crippen molar-refractivity contribution < 1.29 is 15.0 Å². The van der Waals surface area contributed by atoms with E-state index in [0.29, 0.717) is 10.6 Å². The van der Waals surface area contributed by atoms with Crippen molar-refractivity contribution in [3.05, 3.63) is 16.3 Å². The number of thioether (sulfide) groups is 1. The first kappa shape index (κ1) is 10.6. The molecule has 1 rings (SSSR count). The van der Waals surface area contributed by atoms with Crippen molar-refractivity contribution in [3.63, 3.8) is 0 Å². The average Bonchev–Trinajstić information content (AvgIpc) is 2.48. The Labute approximate surface area is 84.4 Å². The van der Waals surface area contributed by atoms with Crippen molar-refractivity contribution >= 4 is 29.1 Å². The van der Waals surface area contributed by atoms with Crippen LogP contribution in [0.25, 0.3) is 0 Å². The van der Waals surface area contributed by atoms with Gasteiger partial charge in [-0.3, -0.25) is 0 Å². The predicted octanol–water partition coefficient (Wildman–Crippen LogP) is 1.92. The van der Waals surface area contributed by atoms with E-state index in [2.05, 4.69) is 0 Å². The van der Waals surface area contributed by atoms with Gasteiger partial charge in [0.05, 0.1) is 6.10 Å². The quantitative estimate of drug-likeness (QED) is 0.758. The molecule has 1 atom stereocenters. The van der Waals surface area contributed by atoms with E-state index in [0.717, 1.165) is 4.90 Å². The van der Waals surface area contributed by atoms with E-state index in [1.54, 1.807) is 18.4 Å². The SMILES string of the molecule is CC(O)CSc1csc(C(=O)O)c1. The van der Waals surface area contributed by atoms with Crippen molar-refractivity contribution in [2.75, 3.05) is 5.75 Å². The van der Waals surface area contributed by atoms with Crippen LogP contribution < -0.4 is 0 Å². The average molecular weight is 218 g/mol. The van der Waals surface area contributed by atoms with Gasteiger partial charge >= 0.3 is 5.97 Å². The molecule has 2 N–H and O–H groups in total. The number of aliphatic hydroxyl groups is 1. The number of aliphatic hydroxyl groups excluding tert-OH is 1. The molecule has 0 saturated carbocycles. The smallest absolute Gasteiger partial charge is 0.345 e. The molecule has 0 aliphatic rings. The molecule has 0 aromatic carbocycles. The third kappa shape index (κ3) is 3.38. The summed E-state index contributed by atoms with van der Waals surface area (Å²) in [5.74, 6) is -0.301. The van der Waals surface area contributed by atoms with Gasteiger partial charge in [0.25, 0.3) is 0 Å². The van der Waals surface area contributed by atoms with Gasteiger partial charge in [-0.2, -0.15) is 0 Å². The van der Waals surface area contributed by atoms with E-state index in [1.165, 1.54) is 23.1 Å².